The number of aryl methyl sites for hydroxylation is 1. The molecule has 1 heterocycles. The van der Waals surface area contributed by atoms with Gasteiger partial charge in [-0.25, -0.2) is 4.98 Å². The van der Waals surface area contributed by atoms with Crippen molar-refractivity contribution in [2.75, 3.05) is 0 Å². The minimum Gasteiger partial charge on any atom is -0.334 e. The third-order valence-electron chi connectivity index (χ3n) is 2.93. The molecule has 1 atom stereocenters. The molecule has 1 aromatic carbocycles. The van der Waals surface area contributed by atoms with Crippen LogP contribution in [-0.2, 0) is 7.05 Å². The van der Waals surface area contributed by atoms with E-state index in [0.29, 0.717) is 5.92 Å². The second kappa shape index (κ2) is 3.45. The number of hydrogen-bond acceptors (Lipinski definition) is 1. The van der Waals surface area contributed by atoms with Crippen molar-refractivity contribution < 1.29 is 0 Å². The Morgan fingerprint density at radius 1 is 1.43 bits per heavy atom. The van der Waals surface area contributed by atoms with Gasteiger partial charge < -0.3 is 4.57 Å². The standard InChI is InChI=1S/C12H16N2/c1-4-9(2)10-5-6-12-11(7-10)13-8-14(12)3/h5-9H,4H2,1-3H3. The largest absolute Gasteiger partial charge is 0.334 e. The molecule has 0 radical (unpaired) electrons. The SMILES string of the molecule is CCC(C)c1ccc2c(c1)ncn2C. The second-order valence-corrected chi connectivity index (χ2v) is 3.91. The highest BCUT2D eigenvalue weighted by molar-refractivity contribution is 5.76. The number of fused-ring (bicyclic) bond motifs is 1. The molecular formula is C12H16N2. The molecule has 2 nitrogen and oxygen atoms in total. The first-order chi connectivity index (χ1) is 6.72. The average Bonchev–Trinajstić information content (AvgIpc) is 2.59. The quantitative estimate of drug-likeness (QED) is 0.708. The van der Waals surface area contributed by atoms with Gasteiger partial charge in [-0.3, -0.25) is 0 Å². The first kappa shape index (κ1) is 9.25. The lowest BCUT2D eigenvalue weighted by Gasteiger charge is -2.08. The van der Waals surface area contributed by atoms with Crippen LogP contribution in [0.2, 0.25) is 0 Å². The summed E-state index contributed by atoms with van der Waals surface area (Å²) in [5.74, 6) is 0.626. The van der Waals surface area contributed by atoms with Crippen LogP contribution < -0.4 is 0 Å². The Hall–Kier alpha value is -1.31. The van der Waals surface area contributed by atoms with E-state index in [9.17, 15) is 0 Å². The van der Waals surface area contributed by atoms with Gasteiger partial charge in [0.1, 0.15) is 0 Å². The number of imidazole rings is 1. The summed E-state index contributed by atoms with van der Waals surface area (Å²) in [7, 11) is 2.03. The molecule has 2 rings (SSSR count). The van der Waals surface area contributed by atoms with E-state index >= 15 is 0 Å². The molecule has 0 aliphatic rings. The first-order valence-corrected chi connectivity index (χ1v) is 5.13. The predicted octanol–water partition coefficient (Wildman–Crippen LogP) is 3.09. The van der Waals surface area contributed by atoms with Crippen LogP contribution in [0.4, 0.5) is 0 Å². The summed E-state index contributed by atoms with van der Waals surface area (Å²) in [6.07, 6.45) is 3.05. The Morgan fingerprint density at radius 3 is 2.93 bits per heavy atom. The minimum absolute atomic E-state index is 0.626. The van der Waals surface area contributed by atoms with Crippen LogP contribution in [0.3, 0.4) is 0 Å². The van der Waals surface area contributed by atoms with Crippen molar-refractivity contribution in [3.63, 3.8) is 0 Å². The smallest absolute Gasteiger partial charge is 0.0955 e. The average molecular weight is 188 g/mol. The lowest BCUT2D eigenvalue weighted by Crippen LogP contribution is -1.91. The molecule has 1 unspecified atom stereocenters. The van der Waals surface area contributed by atoms with Crippen LogP contribution in [0.15, 0.2) is 24.5 Å². The molecule has 0 saturated carbocycles. The molecule has 74 valence electrons. The van der Waals surface area contributed by atoms with Gasteiger partial charge in [-0.1, -0.05) is 19.9 Å². The summed E-state index contributed by atoms with van der Waals surface area (Å²) in [5, 5.41) is 0. The topological polar surface area (TPSA) is 17.8 Å². The molecule has 2 heteroatoms. The Morgan fingerprint density at radius 2 is 2.21 bits per heavy atom. The van der Waals surface area contributed by atoms with E-state index in [1.807, 2.05) is 13.4 Å². The third-order valence-corrected chi connectivity index (χ3v) is 2.93. The molecular weight excluding hydrogens is 172 g/mol. The van der Waals surface area contributed by atoms with Gasteiger partial charge in [0, 0.05) is 7.05 Å². The molecule has 0 amide bonds. The van der Waals surface area contributed by atoms with Gasteiger partial charge in [0.25, 0.3) is 0 Å². The van der Waals surface area contributed by atoms with Gasteiger partial charge >= 0.3 is 0 Å². The zero-order chi connectivity index (χ0) is 10.1. The van der Waals surface area contributed by atoms with Crippen molar-refractivity contribution in [3.05, 3.63) is 30.1 Å². The molecule has 0 N–H and O–H groups in total. The third kappa shape index (κ3) is 1.41. The number of aromatic nitrogens is 2. The van der Waals surface area contributed by atoms with Crippen LogP contribution in [0.5, 0.6) is 0 Å². The molecule has 0 fully saturated rings. The van der Waals surface area contributed by atoms with E-state index in [4.69, 9.17) is 0 Å². The van der Waals surface area contributed by atoms with E-state index in [1.165, 1.54) is 17.5 Å². The van der Waals surface area contributed by atoms with E-state index in [2.05, 4.69) is 41.6 Å². The van der Waals surface area contributed by atoms with Crippen LogP contribution in [0.25, 0.3) is 11.0 Å². The summed E-state index contributed by atoms with van der Waals surface area (Å²) < 4.78 is 2.05. The fraction of sp³-hybridized carbons (Fsp3) is 0.417. The van der Waals surface area contributed by atoms with Gasteiger partial charge in [0.2, 0.25) is 0 Å². The van der Waals surface area contributed by atoms with Crippen LogP contribution in [0.1, 0.15) is 31.7 Å². The van der Waals surface area contributed by atoms with Crippen molar-refractivity contribution in [1.82, 2.24) is 9.55 Å². The molecule has 1 aromatic heterocycles. The lowest BCUT2D eigenvalue weighted by molar-refractivity contribution is 0.734. The molecule has 2 aromatic rings. The highest BCUT2D eigenvalue weighted by atomic mass is 15.0. The van der Waals surface area contributed by atoms with Gasteiger partial charge in [-0.15, -0.1) is 0 Å². The second-order valence-electron chi connectivity index (χ2n) is 3.91. The molecule has 0 saturated heterocycles. The van der Waals surface area contributed by atoms with Crippen LogP contribution in [0, 0.1) is 0 Å². The van der Waals surface area contributed by atoms with E-state index < -0.39 is 0 Å². The minimum atomic E-state index is 0.626. The number of hydrogen-bond donors (Lipinski definition) is 0. The monoisotopic (exact) mass is 188 g/mol. The molecule has 0 spiro atoms. The number of rotatable bonds is 2. The normalized spacial score (nSPS) is 13.4. The Labute approximate surface area is 84.6 Å². The first-order valence-electron chi connectivity index (χ1n) is 5.13. The van der Waals surface area contributed by atoms with Crippen LogP contribution >= 0.6 is 0 Å². The molecule has 14 heavy (non-hydrogen) atoms. The summed E-state index contributed by atoms with van der Waals surface area (Å²) in [5.41, 5.74) is 3.70. The van der Waals surface area contributed by atoms with Crippen molar-refractivity contribution in [2.24, 2.45) is 7.05 Å². The van der Waals surface area contributed by atoms with E-state index in [1.54, 1.807) is 0 Å². The molecule has 0 bridgehead atoms. The number of nitrogens with zero attached hydrogens (tertiary/aromatic N) is 2. The van der Waals surface area contributed by atoms with E-state index in [-0.39, 0.29) is 0 Å². The van der Waals surface area contributed by atoms with Crippen molar-refractivity contribution in [3.8, 4) is 0 Å². The molecule has 0 aliphatic carbocycles. The summed E-state index contributed by atoms with van der Waals surface area (Å²) in [6.45, 7) is 4.47. The zero-order valence-electron chi connectivity index (χ0n) is 8.99. The van der Waals surface area contributed by atoms with Gasteiger partial charge in [-0.05, 0) is 30.0 Å². The van der Waals surface area contributed by atoms with Gasteiger partial charge in [0.05, 0.1) is 17.4 Å². The Balaban J connectivity index is 2.52. The summed E-state index contributed by atoms with van der Waals surface area (Å²) in [4.78, 5) is 4.36. The summed E-state index contributed by atoms with van der Waals surface area (Å²) in [6, 6.07) is 6.56. The van der Waals surface area contributed by atoms with Crippen molar-refractivity contribution >= 4 is 11.0 Å². The van der Waals surface area contributed by atoms with Gasteiger partial charge in [0.15, 0.2) is 0 Å². The maximum Gasteiger partial charge on any atom is 0.0955 e. The highest BCUT2D eigenvalue weighted by Gasteiger charge is 2.05. The lowest BCUT2D eigenvalue weighted by atomic mass is 9.98. The molecule has 0 aliphatic heterocycles. The maximum absolute atomic E-state index is 4.36. The zero-order valence-corrected chi connectivity index (χ0v) is 8.99. The van der Waals surface area contributed by atoms with Crippen molar-refractivity contribution in [1.29, 1.82) is 0 Å². The van der Waals surface area contributed by atoms with Crippen LogP contribution in [-0.4, -0.2) is 9.55 Å². The Kier molecular flexibility index (Phi) is 2.28. The Bertz CT molecular complexity index is 443. The highest BCUT2D eigenvalue weighted by Crippen LogP contribution is 2.22. The number of benzene rings is 1. The summed E-state index contributed by atoms with van der Waals surface area (Å²) >= 11 is 0. The van der Waals surface area contributed by atoms with E-state index in [0.717, 1.165) is 5.52 Å². The predicted molar refractivity (Wildman–Crippen MR) is 59.4 cm³/mol. The van der Waals surface area contributed by atoms with Gasteiger partial charge in [-0.2, -0.15) is 0 Å². The van der Waals surface area contributed by atoms with Crippen molar-refractivity contribution in [2.45, 2.75) is 26.2 Å². The fourth-order valence-electron chi connectivity index (χ4n) is 1.70. The fourth-order valence-corrected chi connectivity index (χ4v) is 1.70. The maximum atomic E-state index is 4.36.